The van der Waals surface area contributed by atoms with Crippen molar-refractivity contribution >= 4 is 0 Å². The third-order valence-corrected chi connectivity index (χ3v) is 5.94. The first kappa shape index (κ1) is 4.13. The van der Waals surface area contributed by atoms with Crippen LogP contribution in [0.3, 0.4) is 0 Å². The van der Waals surface area contributed by atoms with Gasteiger partial charge in [0.15, 0.2) is 0 Å². The standard InChI is InChI=1S/C10H12/c1-3-4-2-6-7(3)9-5(1)8(4)10(6)9/h3-10H,1-2H2/t3-,4-,5+,6+,7-,8-,9-,10-/m0/s1. The summed E-state index contributed by atoms with van der Waals surface area (Å²) in [7, 11) is 0. The highest BCUT2D eigenvalue weighted by Crippen LogP contribution is 2.88. The Labute approximate surface area is 61.0 Å². The van der Waals surface area contributed by atoms with Crippen molar-refractivity contribution in [2.24, 2.45) is 47.3 Å². The molecule has 0 aromatic heterocycles. The van der Waals surface area contributed by atoms with Crippen LogP contribution >= 0.6 is 0 Å². The summed E-state index contributed by atoms with van der Waals surface area (Å²) in [4.78, 5) is 0. The predicted molar refractivity (Wildman–Crippen MR) is 37.2 cm³/mol. The van der Waals surface area contributed by atoms with Crippen molar-refractivity contribution in [3.05, 3.63) is 0 Å². The minimum Gasteiger partial charge on any atom is -0.0465 e. The van der Waals surface area contributed by atoms with Gasteiger partial charge in [-0.05, 0) is 60.2 Å². The largest absolute Gasteiger partial charge is 0.0465 e. The number of rotatable bonds is 0. The van der Waals surface area contributed by atoms with E-state index in [0.29, 0.717) is 0 Å². The monoisotopic (exact) mass is 132 g/mol. The van der Waals surface area contributed by atoms with E-state index in [0.717, 1.165) is 0 Å². The minimum absolute atomic E-state index is 1.27. The third kappa shape index (κ3) is 0.170. The molecule has 0 radical (unpaired) electrons. The molecule has 0 amide bonds. The van der Waals surface area contributed by atoms with Gasteiger partial charge in [-0.2, -0.15) is 0 Å². The van der Waals surface area contributed by atoms with Crippen LogP contribution in [0, 0.1) is 47.3 Å². The van der Waals surface area contributed by atoms with Crippen LogP contribution in [0.5, 0.6) is 0 Å². The zero-order valence-electron chi connectivity index (χ0n) is 6.03. The van der Waals surface area contributed by atoms with E-state index in [2.05, 4.69) is 0 Å². The molecule has 0 N–H and O–H groups in total. The number of hydrogen-bond acceptors (Lipinski definition) is 0. The average molecular weight is 132 g/mol. The Morgan fingerprint density at radius 2 is 1.00 bits per heavy atom. The fourth-order valence-electron chi connectivity index (χ4n) is 6.15. The third-order valence-electron chi connectivity index (χ3n) is 5.94. The van der Waals surface area contributed by atoms with Crippen molar-refractivity contribution in [1.82, 2.24) is 0 Å². The van der Waals surface area contributed by atoms with Crippen molar-refractivity contribution in [2.75, 3.05) is 0 Å². The van der Waals surface area contributed by atoms with Crippen LogP contribution in [-0.4, -0.2) is 0 Å². The molecule has 8 atom stereocenters. The molecule has 0 aromatic carbocycles. The lowest BCUT2D eigenvalue weighted by Crippen LogP contribution is -2.60. The second-order valence-corrected chi connectivity index (χ2v) is 5.44. The Kier molecular flexibility index (Phi) is 0.352. The van der Waals surface area contributed by atoms with Crippen LogP contribution < -0.4 is 0 Å². The smallest absolute Gasteiger partial charge is 0.0315 e. The Morgan fingerprint density at radius 3 is 1.40 bits per heavy atom. The number of hydrogen-bond donors (Lipinski definition) is 0. The zero-order valence-corrected chi connectivity index (χ0v) is 6.03. The van der Waals surface area contributed by atoms with E-state index in [9.17, 15) is 0 Å². The van der Waals surface area contributed by atoms with Crippen LogP contribution in [-0.2, 0) is 0 Å². The van der Waals surface area contributed by atoms with Crippen LogP contribution in [0.2, 0.25) is 0 Å². The summed E-state index contributed by atoms with van der Waals surface area (Å²) in [5.74, 6) is 10.3. The highest BCUT2D eigenvalue weighted by Gasteiger charge is 2.83. The molecule has 0 saturated heterocycles. The van der Waals surface area contributed by atoms with Gasteiger partial charge in [0.25, 0.3) is 0 Å². The first-order valence-corrected chi connectivity index (χ1v) is 4.97. The maximum atomic E-state index is 1.68. The summed E-state index contributed by atoms with van der Waals surface area (Å²) in [6, 6.07) is 0. The highest BCUT2D eigenvalue weighted by molar-refractivity contribution is 5.30. The van der Waals surface area contributed by atoms with Gasteiger partial charge in [0.2, 0.25) is 0 Å². The fraction of sp³-hybridized carbons (Fsp3) is 1.00. The summed E-state index contributed by atoms with van der Waals surface area (Å²) in [5.41, 5.74) is 0. The van der Waals surface area contributed by atoms with Crippen molar-refractivity contribution < 1.29 is 0 Å². The maximum absolute atomic E-state index is 1.68. The molecule has 0 unspecified atom stereocenters. The molecule has 52 valence electrons. The van der Waals surface area contributed by atoms with Gasteiger partial charge in [0, 0.05) is 0 Å². The SMILES string of the molecule is C1[C@@H]2[C@@H]3[C@H]4C[C@@H]5[C@H]([C@@H]14)[C@H]2[C@@H]53. The van der Waals surface area contributed by atoms with Gasteiger partial charge in [-0.25, -0.2) is 0 Å². The van der Waals surface area contributed by atoms with Gasteiger partial charge in [-0.15, -0.1) is 0 Å². The van der Waals surface area contributed by atoms with Crippen molar-refractivity contribution in [1.29, 1.82) is 0 Å². The molecule has 0 spiro atoms. The van der Waals surface area contributed by atoms with Gasteiger partial charge in [0.1, 0.15) is 0 Å². The second kappa shape index (κ2) is 0.852. The predicted octanol–water partition coefficient (Wildman–Crippen LogP) is 1.76. The Morgan fingerprint density at radius 1 is 0.500 bits per heavy atom. The molecule has 6 rings (SSSR count). The van der Waals surface area contributed by atoms with Crippen molar-refractivity contribution in [3.63, 3.8) is 0 Å². The first-order valence-electron chi connectivity index (χ1n) is 4.97. The van der Waals surface area contributed by atoms with Crippen LogP contribution in [0.15, 0.2) is 0 Å². The van der Waals surface area contributed by atoms with Crippen LogP contribution in [0.25, 0.3) is 0 Å². The summed E-state index contributed by atoms with van der Waals surface area (Å²) < 4.78 is 0. The molecule has 6 aliphatic carbocycles. The van der Waals surface area contributed by atoms with E-state index >= 15 is 0 Å². The van der Waals surface area contributed by atoms with E-state index in [1.54, 1.807) is 12.8 Å². The summed E-state index contributed by atoms with van der Waals surface area (Å²) >= 11 is 0. The molecule has 0 aliphatic heterocycles. The normalized spacial score (nSPS) is 91.2. The summed E-state index contributed by atoms with van der Waals surface area (Å²) in [6.45, 7) is 0. The molecule has 0 heterocycles. The van der Waals surface area contributed by atoms with Gasteiger partial charge < -0.3 is 0 Å². The molecule has 4 bridgehead atoms. The van der Waals surface area contributed by atoms with E-state index < -0.39 is 0 Å². The second-order valence-electron chi connectivity index (χ2n) is 5.44. The van der Waals surface area contributed by atoms with E-state index in [1.165, 1.54) is 47.3 Å². The average Bonchev–Trinajstić information content (AvgIpc) is 2.32. The molecule has 6 saturated carbocycles. The maximum Gasteiger partial charge on any atom is -0.0315 e. The van der Waals surface area contributed by atoms with Crippen LogP contribution in [0.1, 0.15) is 12.8 Å². The topological polar surface area (TPSA) is 0 Å². The molecule has 6 fully saturated rings. The fourth-order valence-corrected chi connectivity index (χ4v) is 6.15. The Hall–Kier alpha value is 0. The Balaban J connectivity index is 1.94. The lowest BCUT2D eigenvalue weighted by atomic mass is 9.41. The van der Waals surface area contributed by atoms with Crippen molar-refractivity contribution in [3.8, 4) is 0 Å². The lowest BCUT2D eigenvalue weighted by Gasteiger charge is -2.63. The molecule has 10 heavy (non-hydrogen) atoms. The zero-order chi connectivity index (χ0) is 6.03. The van der Waals surface area contributed by atoms with Gasteiger partial charge in [-0.3, -0.25) is 0 Å². The molecular weight excluding hydrogens is 120 g/mol. The Bertz CT molecular complexity index is 201. The van der Waals surface area contributed by atoms with Crippen LogP contribution in [0.4, 0.5) is 0 Å². The first-order chi connectivity index (χ1) is 4.97. The van der Waals surface area contributed by atoms with E-state index in [-0.39, 0.29) is 0 Å². The van der Waals surface area contributed by atoms with E-state index in [4.69, 9.17) is 0 Å². The lowest BCUT2D eigenvalue weighted by molar-refractivity contribution is -0.169. The molecule has 0 heteroatoms. The summed E-state index contributed by atoms with van der Waals surface area (Å²) in [5, 5.41) is 0. The quantitative estimate of drug-likeness (QED) is 0.471. The van der Waals surface area contributed by atoms with Gasteiger partial charge >= 0.3 is 0 Å². The molecule has 0 nitrogen and oxygen atoms in total. The highest BCUT2D eigenvalue weighted by atomic mass is 14.9. The van der Waals surface area contributed by atoms with Gasteiger partial charge in [-0.1, -0.05) is 0 Å². The summed E-state index contributed by atoms with van der Waals surface area (Å²) in [6.07, 6.45) is 3.36. The molecule has 6 aliphatic rings. The van der Waals surface area contributed by atoms with E-state index in [1.807, 2.05) is 0 Å². The molecular formula is C10H12. The van der Waals surface area contributed by atoms with Gasteiger partial charge in [0.05, 0.1) is 0 Å². The molecule has 0 aromatic rings. The van der Waals surface area contributed by atoms with Crippen molar-refractivity contribution in [2.45, 2.75) is 12.8 Å². The minimum atomic E-state index is 1.27.